The molecule has 0 spiro atoms. The van der Waals surface area contributed by atoms with E-state index in [9.17, 15) is 4.79 Å². The maximum atomic E-state index is 10.8. The molecule has 0 aromatic heterocycles. The maximum absolute atomic E-state index is 10.8. The van der Waals surface area contributed by atoms with E-state index in [0.717, 1.165) is 25.2 Å². The number of rotatable bonds is 3. The van der Waals surface area contributed by atoms with Gasteiger partial charge in [-0.25, -0.2) is 4.79 Å². The largest absolute Gasteiger partial charge is 0.478 e. The van der Waals surface area contributed by atoms with Crippen molar-refractivity contribution in [3.05, 3.63) is 11.3 Å². The number of aliphatic carboxylic acids is 1. The molecule has 1 N–H and O–H groups in total. The van der Waals surface area contributed by atoms with E-state index in [4.69, 9.17) is 5.11 Å². The summed E-state index contributed by atoms with van der Waals surface area (Å²) >= 11 is 0. The molecule has 0 aromatic carbocycles. The van der Waals surface area contributed by atoms with E-state index in [1.165, 1.54) is 12.8 Å². The monoisotopic (exact) mass is 183 g/mol. The zero-order valence-electron chi connectivity index (χ0n) is 8.34. The summed E-state index contributed by atoms with van der Waals surface area (Å²) in [7, 11) is 0. The summed E-state index contributed by atoms with van der Waals surface area (Å²) in [6.07, 6.45) is 3.20. The lowest BCUT2D eigenvalue weighted by Crippen LogP contribution is -2.21. The van der Waals surface area contributed by atoms with Crippen LogP contribution in [-0.2, 0) is 4.79 Å². The van der Waals surface area contributed by atoms with Gasteiger partial charge in [0.15, 0.2) is 0 Å². The van der Waals surface area contributed by atoms with E-state index in [1.54, 1.807) is 6.92 Å². The summed E-state index contributed by atoms with van der Waals surface area (Å²) < 4.78 is 0. The Bertz CT molecular complexity index is 227. The molecule has 1 heterocycles. The predicted molar refractivity (Wildman–Crippen MR) is 51.4 cm³/mol. The van der Waals surface area contributed by atoms with Crippen LogP contribution in [0.2, 0.25) is 0 Å². The SMILES string of the molecule is CCC(=C(C)C(=O)O)N1CCCC1. The molecule has 0 atom stereocenters. The highest BCUT2D eigenvalue weighted by atomic mass is 16.4. The van der Waals surface area contributed by atoms with Gasteiger partial charge in [0.05, 0.1) is 5.57 Å². The molecule has 0 aromatic rings. The Morgan fingerprint density at radius 2 is 1.92 bits per heavy atom. The first-order valence-electron chi connectivity index (χ1n) is 4.84. The van der Waals surface area contributed by atoms with E-state index in [2.05, 4.69) is 4.90 Å². The van der Waals surface area contributed by atoms with Crippen molar-refractivity contribution in [2.45, 2.75) is 33.1 Å². The van der Waals surface area contributed by atoms with Crippen LogP contribution in [0.1, 0.15) is 33.1 Å². The quantitative estimate of drug-likeness (QED) is 0.679. The van der Waals surface area contributed by atoms with E-state index in [1.807, 2.05) is 6.92 Å². The summed E-state index contributed by atoms with van der Waals surface area (Å²) in [5, 5.41) is 8.86. The first kappa shape index (κ1) is 10.1. The number of carbonyl (C=O) groups is 1. The summed E-state index contributed by atoms with van der Waals surface area (Å²) in [4.78, 5) is 13.0. The summed E-state index contributed by atoms with van der Waals surface area (Å²) in [6.45, 7) is 5.75. The fourth-order valence-electron chi connectivity index (χ4n) is 1.84. The van der Waals surface area contributed by atoms with Gasteiger partial charge in [0.1, 0.15) is 0 Å². The van der Waals surface area contributed by atoms with Crippen molar-refractivity contribution in [2.24, 2.45) is 0 Å². The maximum Gasteiger partial charge on any atom is 0.333 e. The molecule has 1 aliphatic rings. The lowest BCUT2D eigenvalue weighted by atomic mass is 10.2. The number of hydrogen-bond donors (Lipinski definition) is 1. The highest BCUT2D eigenvalue weighted by molar-refractivity contribution is 5.86. The Kier molecular flexibility index (Phi) is 3.34. The van der Waals surface area contributed by atoms with E-state index >= 15 is 0 Å². The second-order valence-corrected chi connectivity index (χ2v) is 3.42. The molecule has 0 bridgehead atoms. The van der Waals surface area contributed by atoms with Gasteiger partial charge in [0, 0.05) is 18.8 Å². The minimum absolute atomic E-state index is 0.504. The van der Waals surface area contributed by atoms with E-state index in [0.29, 0.717) is 5.57 Å². The molecular formula is C10H17NO2. The molecule has 0 aliphatic carbocycles. The number of hydrogen-bond acceptors (Lipinski definition) is 2. The first-order chi connectivity index (χ1) is 6.16. The lowest BCUT2D eigenvalue weighted by Gasteiger charge is -2.21. The smallest absolute Gasteiger partial charge is 0.333 e. The van der Waals surface area contributed by atoms with Crippen LogP contribution < -0.4 is 0 Å². The van der Waals surface area contributed by atoms with Crippen LogP contribution in [0.25, 0.3) is 0 Å². The van der Waals surface area contributed by atoms with Crippen molar-refractivity contribution in [1.29, 1.82) is 0 Å². The Labute approximate surface area is 79.0 Å². The molecule has 0 amide bonds. The van der Waals surface area contributed by atoms with Crippen molar-refractivity contribution >= 4 is 5.97 Å². The minimum Gasteiger partial charge on any atom is -0.478 e. The average Bonchev–Trinajstić information content (AvgIpc) is 2.58. The molecule has 1 rings (SSSR count). The van der Waals surface area contributed by atoms with Crippen molar-refractivity contribution in [3.8, 4) is 0 Å². The Morgan fingerprint density at radius 3 is 2.31 bits per heavy atom. The van der Waals surface area contributed by atoms with Gasteiger partial charge in [-0.15, -0.1) is 0 Å². The molecule has 74 valence electrons. The second kappa shape index (κ2) is 4.30. The molecule has 3 heteroatoms. The first-order valence-corrected chi connectivity index (χ1v) is 4.84. The predicted octanol–water partition coefficient (Wildman–Crippen LogP) is 1.85. The highest BCUT2D eigenvalue weighted by Gasteiger charge is 2.17. The molecule has 0 radical (unpaired) electrons. The lowest BCUT2D eigenvalue weighted by molar-refractivity contribution is -0.132. The van der Waals surface area contributed by atoms with Gasteiger partial charge in [0.25, 0.3) is 0 Å². The Balaban J connectivity index is 2.81. The van der Waals surface area contributed by atoms with Crippen LogP contribution >= 0.6 is 0 Å². The number of nitrogens with zero attached hydrogens (tertiary/aromatic N) is 1. The molecule has 3 nitrogen and oxygen atoms in total. The summed E-state index contributed by atoms with van der Waals surface area (Å²) in [5.74, 6) is -0.788. The zero-order valence-corrected chi connectivity index (χ0v) is 8.34. The van der Waals surface area contributed by atoms with E-state index < -0.39 is 5.97 Å². The standard InChI is InChI=1S/C10H17NO2/c1-3-9(8(2)10(12)13)11-6-4-5-7-11/h3-7H2,1-2H3,(H,12,13). The third-order valence-corrected chi connectivity index (χ3v) is 2.58. The van der Waals surface area contributed by atoms with Crippen LogP contribution in [0, 0.1) is 0 Å². The van der Waals surface area contributed by atoms with Crippen molar-refractivity contribution in [1.82, 2.24) is 4.90 Å². The van der Waals surface area contributed by atoms with Crippen molar-refractivity contribution in [3.63, 3.8) is 0 Å². The van der Waals surface area contributed by atoms with Gasteiger partial charge in [-0.1, -0.05) is 6.92 Å². The second-order valence-electron chi connectivity index (χ2n) is 3.42. The van der Waals surface area contributed by atoms with Crippen LogP contribution in [0.4, 0.5) is 0 Å². The van der Waals surface area contributed by atoms with Crippen LogP contribution in [0.15, 0.2) is 11.3 Å². The highest BCUT2D eigenvalue weighted by Crippen LogP contribution is 2.20. The number of likely N-dealkylation sites (tertiary alicyclic amines) is 1. The third-order valence-electron chi connectivity index (χ3n) is 2.58. The number of allylic oxidation sites excluding steroid dienone is 1. The summed E-state index contributed by atoms with van der Waals surface area (Å²) in [6, 6.07) is 0. The van der Waals surface area contributed by atoms with Gasteiger partial charge < -0.3 is 10.0 Å². The Hall–Kier alpha value is -0.990. The molecule has 13 heavy (non-hydrogen) atoms. The van der Waals surface area contributed by atoms with Gasteiger partial charge in [-0.3, -0.25) is 0 Å². The van der Waals surface area contributed by atoms with Crippen molar-refractivity contribution in [2.75, 3.05) is 13.1 Å². The van der Waals surface area contributed by atoms with Crippen LogP contribution in [0.5, 0.6) is 0 Å². The average molecular weight is 183 g/mol. The molecule has 1 aliphatic heterocycles. The number of carboxylic acid groups (broad SMARTS) is 1. The fourth-order valence-corrected chi connectivity index (χ4v) is 1.84. The Morgan fingerprint density at radius 1 is 1.38 bits per heavy atom. The van der Waals surface area contributed by atoms with E-state index in [-0.39, 0.29) is 0 Å². The van der Waals surface area contributed by atoms with Crippen LogP contribution in [0.3, 0.4) is 0 Å². The fraction of sp³-hybridized carbons (Fsp3) is 0.700. The molecule has 1 saturated heterocycles. The summed E-state index contributed by atoms with van der Waals surface area (Å²) in [5.41, 5.74) is 1.51. The molecule has 1 fully saturated rings. The zero-order chi connectivity index (χ0) is 9.84. The van der Waals surface area contributed by atoms with Crippen LogP contribution in [-0.4, -0.2) is 29.1 Å². The minimum atomic E-state index is -0.788. The van der Waals surface area contributed by atoms with Crippen molar-refractivity contribution < 1.29 is 9.90 Å². The van der Waals surface area contributed by atoms with Gasteiger partial charge in [-0.05, 0) is 26.2 Å². The third kappa shape index (κ3) is 2.23. The molecular weight excluding hydrogens is 166 g/mol. The van der Waals surface area contributed by atoms with Gasteiger partial charge >= 0.3 is 5.97 Å². The topological polar surface area (TPSA) is 40.5 Å². The molecule has 0 saturated carbocycles. The van der Waals surface area contributed by atoms with Gasteiger partial charge in [-0.2, -0.15) is 0 Å². The molecule has 0 unspecified atom stereocenters. The normalized spacial score (nSPS) is 18.8. The van der Waals surface area contributed by atoms with Gasteiger partial charge in [0.2, 0.25) is 0 Å². The number of carboxylic acids is 1.